The summed E-state index contributed by atoms with van der Waals surface area (Å²) in [7, 11) is 0. The Kier molecular flexibility index (Phi) is 6.56. The van der Waals surface area contributed by atoms with Gasteiger partial charge in [0.15, 0.2) is 17.5 Å². The van der Waals surface area contributed by atoms with Crippen LogP contribution in [-0.2, 0) is 0 Å². The lowest BCUT2D eigenvalue weighted by Gasteiger charge is -2.26. The molecule has 0 aliphatic heterocycles. The van der Waals surface area contributed by atoms with Crippen molar-refractivity contribution < 1.29 is 22.4 Å². The van der Waals surface area contributed by atoms with Gasteiger partial charge in [-0.25, -0.2) is 17.6 Å². The van der Waals surface area contributed by atoms with Crippen LogP contribution in [0.4, 0.5) is 23.2 Å². The van der Waals surface area contributed by atoms with Crippen LogP contribution in [0.2, 0.25) is 0 Å². The average molecular weight is 425 g/mol. The van der Waals surface area contributed by atoms with Crippen LogP contribution >= 0.6 is 11.8 Å². The second kappa shape index (κ2) is 8.78. The van der Waals surface area contributed by atoms with Crippen LogP contribution in [0.1, 0.15) is 56.3 Å². The average Bonchev–Trinajstić information content (AvgIpc) is 2.81. The highest BCUT2D eigenvalue weighted by molar-refractivity contribution is 8.00. The van der Waals surface area contributed by atoms with E-state index in [1.54, 1.807) is 0 Å². The van der Waals surface area contributed by atoms with Gasteiger partial charge in [0.05, 0.1) is 0 Å². The van der Waals surface area contributed by atoms with Crippen molar-refractivity contribution in [3.05, 3.63) is 59.2 Å². The molecule has 156 valence electrons. The first-order valence-corrected chi connectivity index (χ1v) is 10.4. The Morgan fingerprint density at radius 2 is 1.72 bits per heavy atom. The van der Waals surface area contributed by atoms with E-state index in [1.807, 2.05) is 0 Å². The Balaban J connectivity index is 1.77. The Labute approximate surface area is 172 Å². The van der Waals surface area contributed by atoms with E-state index in [0.29, 0.717) is 17.0 Å². The van der Waals surface area contributed by atoms with Crippen LogP contribution in [0.15, 0.2) is 35.2 Å². The summed E-state index contributed by atoms with van der Waals surface area (Å²) in [5, 5.41) is 2.57. The van der Waals surface area contributed by atoms with E-state index >= 15 is 0 Å². The number of carbonyl (C=O) groups is 1. The summed E-state index contributed by atoms with van der Waals surface area (Å²) in [6.45, 7) is 4.43. The molecule has 3 rings (SSSR count). The summed E-state index contributed by atoms with van der Waals surface area (Å²) in [6.07, 6.45) is 5.32. The van der Waals surface area contributed by atoms with Gasteiger partial charge in [0.1, 0.15) is 5.82 Å². The van der Waals surface area contributed by atoms with E-state index in [-0.39, 0.29) is 21.9 Å². The molecule has 0 bridgehead atoms. The van der Waals surface area contributed by atoms with Gasteiger partial charge in [0.2, 0.25) is 0 Å². The van der Waals surface area contributed by atoms with E-state index in [2.05, 4.69) is 19.2 Å². The lowest BCUT2D eigenvalue weighted by Crippen LogP contribution is -2.16. The number of hydrogen-bond acceptors (Lipinski definition) is 2. The van der Waals surface area contributed by atoms with Crippen LogP contribution in [-0.4, -0.2) is 11.2 Å². The van der Waals surface area contributed by atoms with Gasteiger partial charge in [0.25, 0.3) is 5.91 Å². The molecule has 1 N–H and O–H groups in total. The van der Waals surface area contributed by atoms with Crippen molar-refractivity contribution in [2.24, 2.45) is 5.41 Å². The molecule has 1 saturated carbocycles. The van der Waals surface area contributed by atoms with E-state index in [1.165, 1.54) is 30.0 Å². The maximum absolute atomic E-state index is 14.4. The molecule has 1 atom stereocenters. The van der Waals surface area contributed by atoms with Crippen LogP contribution in [0, 0.1) is 28.7 Å². The molecule has 29 heavy (non-hydrogen) atoms. The topological polar surface area (TPSA) is 29.1 Å². The van der Waals surface area contributed by atoms with Gasteiger partial charge in [-0.05, 0) is 42.9 Å². The summed E-state index contributed by atoms with van der Waals surface area (Å²) in [4.78, 5) is 12.8. The second-order valence-corrected chi connectivity index (χ2v) is 9.55. The third-order valence-corrected chi connectivity index (χ3v) is 6.44. The molecule has 2 aromatic rings. The fourth-order valence-corrected chi connectivity index (χ4v) is 5.20. The zero-order chi connectivity index (χ0) is 21.2. The van der Waals surface area contributed by atoms with Crippen molar-refractivity contribution in [3.8, 4) is 0 Å². The molecular weight excluding hydrogens is 402 g/mol. The van der Waals surface area contributed by atoms with Crippen molar-refractivity contribution in [3.63, 3.8) is 0 Å². The number of nitrogens with one attached hydrogen (secondary N) is 1. The second-order valence-electron chi connectivity index (χ2n) is 8.21. The van der Waals surface area contributed by atoms with Gasteiger partial charge in [-0.15, -0.1) is 11.8 Å². The number of thioether (sulfide) groups is 1. The van der Waals surface area contributed by atoms with E-state index in [9.17, 15) is 22.4 Å². The highest BCUT2D eigenvalue weighted by atomic mass is 32.2. The predicted octanol–water partition coefficient (Wildman–Crippen LogP) is 6.95. The molecule has 2 aromatic carbocycles. The molecule has 1 aliphatic carbocycles. The standard InChI is InChI=1S/C22H23F4NOS/c1-22(2)8-4-3-5-15(12-22)29-19-9-13(6-7-16(19)23)21(28)27-14-10-17(24)20(26)18(25)11-14/h6-7,9-11,15H,3-5,8,12H2,1-2H3,(H,27,28)/t15-/m1/s1. The minimum absolute atomic E-state index is 0.159. The van der Waals surface area contributed by atoms with Crippen molar-refractivity contribution in [2.75, 3.05) is 5.32 Å². The quantitative estimate of drug-likeness (QED) is 0.326. The third-order valence-electron chi connectivity index (χ3n) is 5.14. The zero-order valence-electron chi connectivity index (χ0n) is 16.3. The van der Waals surface area contributed by atoms with Gasteiger partial charge in [-0.1, -0.05) is 26.7 Å². The van der Waals surface area contributed by atoms with Crippen molar-refractivity contribution in [1.29, 1.82) is 0 Å². The number of amides is 1. The van der Waals surface area contributed by atoms with E-state index in [0.717, 1.165) is 32.1 Å². The molecular formula is C22H23F4NOS. The molecule has 0 saturated heterocycles. The van der Waals surface area contributed by atoms with Crippen molar-refractivity contribution >= 4 is 23.4 Å². The maximum Gasteiger partial charge on any atom is 0.255 e. The lowest BCUT2D eigenvalue weighted by atomic mass is 9.85. The molecule has 7 heteroatoms. The molecule has 1 fully saturated rings. The number of rotatable bonds is 4. The highest BCUT2D eigenvalue weighted by Gasteiger charge is 2.27. The minimum Gasteiger partial charge on any atom is -0.322 e. The number of halogens is 4. The van der Waals surface area contributed by atoms with E-state index < -0.39 is 29.2 Å². The number of benzene rings is 2. The fraction of sp³-hybridized carbons (Fsp3) is 0.409. The summed E-state index contributed by atoms with van der Waals surface area (Å²) in [5.41, 5.74) is 0.137. The minimum atomic E-state index is -1.60. The Morgan fingerprint density at radius 3 is 2.41 bits per heavy atom. The van der Waals surface area contributed by atoms with Crippen molar-refractivity contribution in [1.82, 2.24) is 0 Å². The first kappa shape index (κ1) is 21.7. The summed E-state index contributed by atoms with van der Waals surface area (Å²) < 4.78 is 54.1. The van der Waals surface area contributed by atoms with Crippen LogP contribution in [0.5, 0.6) is 0 Å². The monoisotopic (exact) mass is 425 g/mol. The Bertz CT molecular complexity index is 893. The summed E-state index contributed by atoms with van der Waals surface area (Å²) in [5.74, 6) is -5.46. The molecule has 0 spiro atoms. The first-order chi connectivity index (χ1) is 13.6. The fourth-order valence-electron chi connectivity index (χ4n) is 3.64. The number of anilines is 1. The Morgan fingerprint density at radius 1 is 1.03 bits per heavy atom. The largest absolute Gasteiger partial charge is 0.322 e. The first-order valence-electron chi connectivity index (χ1n) is 9.57. The molecule has 0 aromatic heterocycles. The molecule has 2 nitrogen and oxygen atoms in total. The molecule has 0 unspecified atom stereocenters. The molecule has 1 amide bonds. The van der Waals surface area contributed by atoms with Crippen molar-refractivity contribution in [2.45, 2.75) is 56.1 Å². The maximum atomic E-state index is 14.4. The summed E-state index contributed by atoms with van der Waals surface area (Å²) >= 11 is 1.43. The zero-order valence-corrected chi connectivity index (χ0v) is 17.1. The van der Waals surface area contributed by atoms with Gasteiger partial charge < -0.3 is 5.32 Å². The van der Waals surface area contributed by atoms with Crippen LogP contribution in [0.25, 0.3) is 0 Å². The number of hydrogen-bond donors (Lipinski definition) is 1. The highest BCUT2D eigenvalue weighted by Crippen LogP contribution is 2.41. The van der Waals surface area contributed by atoms with Crippen LogP contribution in [0.3, 0.4) is 0 Å². The Hall–Kier alpha value is -2.02. The van der Waals surface area contributed by atoms with Gasteiger partial charge >= 0.3 is 0 Å². The SMILES string of the molecule is CC1(C)CCCC[C@@H](Sc2cc(C(=O)Nc3cc(F)c(F)c(F)c3)ccc2F)C1. The van der Waals surface area contributed by atoms with E-state index in [4.69, 9.17) is 0 Å². The van der Waals surface area contributed by atoms with Gasteiger partial charge in [-0.3, -0.25) is 4.79 Å². The molecule has 0 radical (unpaired) electrons. The molecule has 0 heterocycles. The summed E-state index contributed by atoms with van der Waals surface area (Å²) in [6, 6.07) is 5.36. The normalized spacial score (nSPS) is 18.9. The van der Waals surface area contributed by atoms with Gasteiger partial charge in [-0.2, -0.15) is 0 Å². The smallest absolute Gasteiger partial charge is 0.255 e. The number of carbonyl (C=O) groups excluding carboxylic acids is 1. The van der Waals surface area contributed by atoms with Crippen LogP contribution < -0.4 is 5.32 Å². The lowest BCUT2D eigenvalue weighted by molar-refractivity contribution is 0.102. The van der Waals surface area contributed by atoms with Gasteiger partial charge in [0, 0.05) is 33.5 Å². The third kappa shape index (κ3) is 5.53. The molecule has 1 aliphatic rings. The predicted molar refractivity (Wildman–Crippen MR) is 107 cm³/mol.